The Morgan fingerprint density at radius 2 is 1.76 bits per heavy atom. The number of amides is 2. The number of anilines is 1. The molecule has 0 atom stereocenters. The van der Waals surface area contributed by atoms with Crippen molar-refractivity contribution in [3.8, 4) is 0 Å². The first kappa shape index (κ1) is 16.0. The lowest BCUT2D eigenvalue weighted by atomic mass is 10.1. The van der Waals surface area contributed by atoms with E-state index in [1.165, 1.54) is 0 Å². The molecule has 0 bridgehead atoms. The molecule has 0 aliphatic carbocycles. The lowest BCUT2D eigenvalue weighted by Gasteiger charge is -2.11. The molecule has 2 aromatic rings. The van der Waals surface area contributed by atoms with Crippen molar-refractivity contribution in [2.24, 2.45) is 0 Å². The Morgan fingerprint density at radius 1 is 1.05 bits per heavy atom. The number of hydrogen-bond acceptors (Lipinski definition) is 2. The number of hydrogen-bond donors (Lipinski definition) is 2. The fraction of sp³-hybridized carbons (Fsp3) is 0.0667. The Bertz CT molecular complexity index is 704. The van der Waals surface area contributed by atoms with E-state index in [0.29, 0.717) is 16.8 Å². The van der Waals surface area contributed by atoms with Crippen LogP contribution in [0, 0.1) is 3.57 Å². The number of para-hydroxylation sites is 1. The van der Waals surface area contributed by atoms with Crippen molar-refractivity contribution in [3.63, 3.8) is 0 Å². The van der Waals surface area contributed by atoms with Gasteiger partial charge in [-0.25, -0.2) is 0 Å². The van der Waals surface area contributed by atoms with Gasteiger partial charge in [0.15, 0.2) is 0 Å². The highest BCUT2D eigenvalue weighted by atomic mass is 127. The predicted molar refractivity (Wildman–Crippen MR) is 94.6 cm³/mol. The molecule has 6 heteroatoms. The van der Waals surface area contributed by atoms with Crippen LogP contribution in [0.1, 0.15) is 20.7 Å². The quantitative estimate of drug-likeness (QED) is 0.689. The molecule has 0 heterocycles. The maximum atomic E-state index is 12.4. The highest BCUT2D eigenvalue weighted by Gasteiger charge is 2.15. The van der Waals surface area contributed by atoms with Gasteiger partial charge in [-0.05, 0) is 52.9 Å². The molecule has 0 radical (unpaired) electrons. The molecule has 4 nitrogen and oxygen atoms in total. The van der Waals surface area contributed by atoms with Gasteiger partial charge in [0.05, 0.1) is 16.8 Å². The number of carbonyl (C=O) groups is 2. The molecule has 0 spiro atoms. The van der Waals surface area contributed by atoms with Crippen molar-refractivity contribution in [1.29, 1.82) is 0 Å². The summed E-state index contributed by atoms with van der Waals surface area (Å²) in [6.45, 7) is 0. The molecule has 108 valence electrons. The standard InChI is InChI=1S/C15H12BrIN2O2/c1-18-14(20)10-4-2-3-5-13(10)19-15(21)11-8-9(16)6-7-12(11)17/h2-8H,1H3,(H,18,20)(H,19,21). The molecule has 2 amide bonds. The summed E-state index contributed by atoms with van der Waals surface area (Å²) >= 11 is 5.45. The number of halogens is 2. The minimum absolute atomic E-state index is 0.241. The highest BCUT2D eigenvalue weighted by molar-refractivity contribution is 14.1. The van der Waals surface area contributed by atoms with E-state index in [4.69, 9.17) is 0 Å². The van der Waals surface area contributed by atoms with Gasteiger partial charge in [0.25, 0.3) is 11.8 Å². The van der Waals surface area contributed by atoms with Gasteiger partial charge in [-0.3, -0.25) is 9.59 Å². The van der Waals surface area contributed by atoms with Gasteiger partial charge in [-0.2, -0.15) is 0 Å². The van der Waals surface area contributed by atoms with Crippen LogP contribution in [0.25, 0.3) is 0 Å². The summed E-state index contributed by atoms with van der Waals surface area (Å²) in [5.41, 5.74) is 1.47. The van der Waals surface area contributed by atoms with Crippen LogP contribution in [0.3, 0.4) is 0 Å². The molecular formula is C15H12BrIN2O2. The molecule has 0 aliphatic rings. The molecule has 2 N–H and O–H groups in total. The summed E-state index contributed by atoms with van der Waals surface area (Å²) in [5, 5.41) is 5.34. The summed E-state index contributed by atoms with van der Waals surface area (Å²) < 4.78 is 1.67. The normalized spacial score (nSPS) is 10.0. The summed E-state index contributed by atoms with van der Waals surface area (Å²) in [6, 6.07) is 12.4. The minimum Gasteiger partial charge on any atom is -0.355 e. The van der Waals surface area contributed by atoms with Gasteiger partial charge in [0.2, 0.25) is 0 Å². The topological polar surface area (TPSA) is 58.2 Å². The zero-order valence-electron chi connectivity index (χ0n) is 11.1. The zero-order valence-corrected chi connectivity index (χ0v) is 14.9. The molecule has 21 heavy (non-hydrogen) atoms. The van der Waals surface area contributed by atoms with Crippen LogP contribution in [0.5, 0.6) is 0 Å². The van der Waals surface area contributed by atoms with Gasteiger partial charge >= 0.3 is 0 Å². The van der Waals surface area contributed by atoms with Crippen LogP contribution in [-0.4, -0.2) is 18.9 Å². The van der Waals surface area contributed by atoms with Crippen LogP contribution in [0.15, 0.2) is 46.9 Å². The highest BCUT2D eigenvalue weighted by Crippen LogP contribution is 2.21. The first-order valence-electron chi connectivity index (χ1n) is 6.10. The summed E-state index contributed by atoms with van der Waals surface area (Å²) in [7, 11) is 1.55. The van der Waals surface area contributed by atoms with E-state index in [2.05, 4.69) is 49.2 Å². The van der Waals surface area contributed by atoms with Crippen molar-refractivity contribution in [1.82, 2.24) is 5.32 Å². The molecule has 0 aromatic heterocycles. The number of benzene rings is 2. The van der Waals surface area contributed by atoms with E-state index in [1.807, 2.05) is 12.1 Å². The molecule has 0 saturated carbocycles. The summed E-state index contributed by atoms with van der Waals surface area (Å²) in [6.07, 6.45) is 0. The van der Waals surface area contributed by atoms with Crippen molar-refractivity contribution >= 4 is 56.0 Å². The van der Waals surface area contributed by atoms with Crippen LogP contribution in [-0.2, 0) is 0 Å². The molecule has 0 saturated heterocycles. The fourth-order valence-electron chi connectivity index (χ4n) is 1.79. The third-order valence-corrected chi connectivity index (χ3v) is 4.25. The molecule has 2 aromatic carbocycles. The lowest BCUT2D eigenvalue weighted by molar-refractivity contribution is 0.0964. The summed E-state index contributed by atoms with van der Waals surface area (Å²) in [5.74, 6) is -0.494. The number of nitrogens with one attached hydrogen (secondary N) is 2. The van der Waals surface area contributed by atoms with Crippen molar-refractivity contribution in [2.75, 3.05) is 12.4 Å². The second-order valence-corrected chi connectivity index (χ2v) is 6.28. The van der Waals surface area contributed by atoms with Gasteiger partial charge in [0, 0.05) is 15.1 Å². The van der Waals surface area contributed by atoms with Crippen molar-refractivity contribution in [2.45, 2.75) is 0 Å². The molecule has 2 rings (SSSR count). The monoisotopic (exact) mass is 458 g/mol. The first-order valence-corrected chi connectivity index (χ1v) is 7.97. The van der Waals surface area contributed by atoms with Crippen molar-refractivity contribution in [3.05, 3.63) is 61.6 Å². The first-order chi connectivity index (χ1) is 10.0. The zero-order chi connectivity index (χ0) is 15.4. The molecule has 0 fully saturated rings. The van der Waals surface area contributed by atoms with E-state index >= 15 is 0 Å². The van der Waals surface area contributed by atoms with E-state index in [-0.39, 0.29) is 11.8 Å². The van der Waals surface area contributed by atoms with Gasteiger partial charge in [0.1, 0.15) is 0 Å². The summed E-state index contributed by atoms with van der Waals surface area (Å²) in [4.78, 5) is 24.2. The van der Waals surface area contributed by atoms with E-state index in [1.54, 1.807) is 37.4 Å². The largest absolute Gasteiger partial charge is 0.355 e. The fourth-order valence-corrected chi connectivity index (χ4v) is 2.73. The Morgan fingerprint density at radius 3 is 2.48 bits per heavy atom. The smallest absolute Gasteiger partial charge is 0.256 e. The maximum absolute atomic E-state index is 12.4. The van der Waals surface area contributed by atoms with Crippen LogP contribution < -0.4 is 10.6 Å². The average molecular weight is 459 g/mol. The van der Waals surface area contributed by atoms with E-state index in [0.717, 1.165) is 8.04 Å². The molecule has 0 aliphatic heterocycles. The van der Waals surface area contributed by atoms with Crippen molar-refractivity contribution < 1.29 is 9.59 Å². The number of carbonyl (C=O) groups excluding carboxylic acids is 2. The Balaban J connectivity index is 2.32. The Kier molecular flexibility index (Phi) is 5.35. The molecular weight excluding hydrogens is 447 g/mol. The van der Waals surface area contributed by atoms with Crippen LogP contribution >= 0.6 is 38.5 Å². The minimum atomic E-state index is -0.253. The van der Waals surface area contributed by atoms with E-state index in [9.17, 15) is 9.59 Å². The second kappa shape index (κ2) is 7.04. The van der Waals surface area contributed by atoms with Gasteiger partial charge in [-0.15, -0.1) is 0 Å². The van der Waals surface area contributed by atoms with E-state index < -0.39 is 0 Å². The maximum Gasteiger partial charge on any atom is 0.256 e. The molecule has 0 unspecified atom stereocenters. The van der Waals surface area contributed by atoms with Gasteiger partial charge < -0.3 is 10.6 Å². The van der Waals surface area contributed by atoms with Crippen LogP contribution in [0.2, 0.25) is 0 Å². The third kappa shape index (κ3) is 3.82. The Labute approximate surface area is 144 Å². The van der Waals surface area contributed by atoms with Crippen LogP contribution in [0.4, 0.5) is 5.69 Å². The van der Waals surface area contributed by atoms with Gasteiger partial charge in [-0.1, -0.05) is 28.1 Å². The SMILES string of the molecule is CNC(=O)c1ccccc1NC(=O)c1cc(Br)ccc1I. The average Bonchev–Trinajstić information content (AvgIpc) is 2.49. The Hall–Kier alpha value is -1.41. The number of rotatable bonds is 3. The third-order valence-electron chi connectivity index (χ3n) is 2.82. The predicted octanol–water partition coefficient (Wildman–Crippen LogP) is 3.67. The lowest BCUT2D eigenvalue weighted by Crippen LogP contribution is -2.21. The second-order valence-electron chi connectivity index (χ2n) is 4.20.